The second-order valence-electron chi connectivity index (χ2n) is 2.23. The van der Waals surface area contributed by atoms with Gasteiger partial charge in [-0.2, -0.15) is 0 Å². The molecule has 0 saturated carbocycles. The summed E-state index contributed by atoms with van der Waals surface area (Å²) in [6, 6.07) is 6.08. The maximum absolute atomic E-state index is 12.7. The lowest BCUT2D eigenvalue weighted by atomic mass is 10.1. The highest BCUT2D eigenvalue weighted by molar-refractivity contribution is 5.85. The summed E-state index contributed by atoms with van der Waals surface area (Å²) in [7, 11) is 0. The predicted molar refractivity (Wildman–Crippen MR) is 46.5 cm³/mol. The Morgan fingerprint density at radius 2 is 2.00 bits per heavy atom. The third-order valence-electron chi connectivity index (χ3n) is 1.32. The van der Waals surface area contributed by atoms with Gasteiger partial charge in [0.25, 0.3) is 0 Å². The Morgan fingerprint density at radius 3 is 2.50 bits per heavy atom. The summed E-state index contributed by atoms with van der Waals surface area (Å²) in [5, 5.41) is 0. The number of nitrogens with two attached hydrogens (primary N) is 1. The Balaban J connectivity index is 0.00000121. The van der Waals surface area contributed by atoms with Crippen molar-refractivity contribution in [2.75, 3.05) is 0 Å². The molecule has 0 aliphatic heterocycles. The normalized spacial score (nSPS) is 8.75. The molecule has 0 fully saturated rings. The lowest BCUT2D eigenvalue weighted by Gasteiger charge is -1.97. The molecule has 0 heterocycles. The average molecular weight is 190 g/mol. The molecule has 0 spiro atoms. The molecule has 0 radical (unpaired) electrons. The van der Waals surface area contributed by atoms with E-state index >= 15 is 0 Å². The van der Waals surface area contributed by atoms with E-state index in [0.717, 1.165) is 0 Å². The van der Waals surface area contributed by atoms with Gasteiger partial charge in [0.05, 0.1) is 6.42 Å². The second kappa shape index (κ2) is 4.72. The number of hydrogen-bond donors (Lipinski definition) is 1. The monoisotopic (exact) mass is 189 g/mol. The van der Waals surface area contributed by atoms with Gasteiger partial charge in [-0.3, -0.25) is 4.79 Å². The van der Waals surface area contributed by atoms with Crippen molar-refractivity contribution in [3.63, 3.8) is 0 Å². The largest absolute Gasteiger partial charge is 0.369 e. The summed E-state index contributed by atoms with van der Waals surface area (Å²) < 4.78 is 12.7. The van der Waals surface area contributed by atoms with Crippen LogP contribution in [-0.2, 0) is 11.2 Å². The SMILES string of the molecule is Cl.NC(=O)Cc1ccccc1F. The van der Waals surface area contributed by atoms with Crippen LogP contribution in [0.2, 0.25) is 0 Å². The van der Waals surface area contributed by atoms with Gasteiger partial charge in [-0.25, -0.2) is 4.39 Å². The number of halogens is 2. The van der Waals surface area contributed by atoms with Gasteiger partial charge in [-0.15, -0.1) is 12.4 Å². The molecule has 0 atom stereocenters. The Morgan fingerprint density at radius 1 is 1.42 bits per heavy atom. The second-order valence-corrected chi connectivity index (χ2v) is 2.23. The van der Waals surface area contributed by atoms with E-state index in [1.807, 2.05) is 0 Å². The fourth-order valence-electron chi connectivity index (χ4n) is 0.829. The smallest absolute Gasteiger partial charge is 0.221 e. The maximum atomic E-state index is 12.7. The van der Waals surface area contributed by atoms with Crippen molar-refractivity contribution in [2.24, 2.45) is 5.73 Å². The number of carbonyl (C=O) groups is 1. The Kier molecular flexibility index (Phi) is 4.29. The molecule has 2 nitrogen and oxygen atoms in total. The van der Waals surface area contributed by atoms with E-state index in [9.17, 15) is 9.18 Å². The number of primary amides is 1. The zero-order valence-electron chi connectivity index (χ0n) is 6.29. The summed E-state index contributed by atoms with van der Waals surface area (Å²) in [6.45, 7) is 0. The Hall–Kier alpha value is -1.09. The summed E-state index contributed by atoms with van der Waals surface area (Å²) in [5.74, 6) is -0.901. The minimum absolute atomic E-state index is 0. The fraction of sp³-hybridized carbons (Fsp3) is 0.125. The van der Waals surface area contributed by atoms with E-state index < -0.39 is 5.91 Å². The molecule has 0 aliphatic rings. The first kappa shape index (κ1) is 10.9. The molecule has 1 aromatic carbocycles. The van der Waals surface area contributed by atoms with Gasteiger partial charge < -0.3 is 5.73 Å². The van der Waals surface area contributed by atoms with Crippen LogP contribution in [0.25, 0.3) is 0 Å². The van der Waals surface area contributed by atoms with Crippen molar-refractivity contribution in [1.82, 2.24) is 0 Å². The summed E-state index contributed by atoms with van der Waals surface area (Å²) in [4.78, 5) is 10.4. The quantitative estimate of drug-likeness (QED) is 0.748. The zero-order valence-corrected chi connectivity index (χ0v) is 7.10. The molecular weight excluding hydrogens is 181 g/mol. The van der Waals surface area contributed by atoms with Crippen molar-refractivity contribution in [3.8, 4) is 0 Å². The first-order chi connectivity index (χ1) is 5.20. The topological polar surface area (TPSA) is 43.1 Å². The van der Waals surface area contributed by atoms with Crippen LogP contribution in [0.3, 0.4) is 0 Å². The van der Waals surface area contributed by atoms with Gasteiger partial charge in [0.15, 0.2) is 0 Å². The predicted octanol–water partition coefficient (Wildman–Crippen LogP) is 1.28. The van der Waals surface area contributed by atoms with E-state index in [-0.39, 0.29) is 24.6 Å². The van der Waals surface area contributed by atoms with E-state index in [2.05, 4.69) is 0 Å². The van der Waals surface area contributed by atoms with Crippen molar-refractivity contribution >= 4 is 18.3 Å². The van der Waals surface area contributed by atoms with E-state index in [1.165, 1.54) is 6.07 Å². The molecule has 0 aliphatic carbocycles. The molecule has 1 rings (SSSR count). The molecule has 2 N–H and O–H groups in total. The van der Waals surface area contributed by atoms with E-state index in [1.54, 1.807) is 18.2 Å². The standard InChI is InChI=1S/C8H8FNO.ClH/c9-7-4-2-1-3-6(7)5-8(10)11;/h1-4H,5H2,(H2,10,11);1H. The minimum atomic E-state index is -0.518. The average Bonchev–Trinajstić information content (AvgIpc) is 1.93. The van der Waals surface area contributed by atoms with Crippen molar-refractivity contribution in [2.45, 2.75) is 6.42 Å². The number of rotatable bonds is 2. The number of amides is 1. The van der Waals surface area contributed by atoms with Gasteiger partial charge in [0.1, 0.15) is 5.82 Å². The van der Waals surface area contributed by atoms with Crippen molar-refractivity contribution in [1.29, 1.82) is 0 Å². The third kappa shape index (κ3) is 2.88. The molecule has 12 heavy (non-hydrogen) atoms. The highest BCUT2D eigenvalue weighted by Gasteiger charge is 2.02. The van der Waals surface area contributed by atoms with Crippen LogP contribution >= 0.6 is 12.4 Å². The Labute approximate surface area is 76.0 Å². The van der Waals surface area contributed by atoms with Crippen LogP contribution in [0.1, 0.15) is 5.56 Å². The van der Waals surface area contributed by atoms with Crippen LogP contribution in [0.15, 0.2) is 24.3 Å². The molecule has 1 amide bonds. The maximum Gasteiger partial charge on any atom is 0.221 e. The molecule has 0 bridgehead atoms. The fourth-order valence-corrected chi connectivity index (χ4v) is 0.829. The molecule has 0 aromatic heterocycles. The molecule has 4 heteroatoms. The number of hydrogen-bond acceptors (Lipinski definition) is 1. The molecular formula is C8H9ClFNO. The lowest BCUT2D eigenvalue weighted by Crippen LogP contribution is -2.14. The first-order valence-corrected chi connectivity index (χ1v) is 3.22. The summed E-state index contributed by atoms with van der Waals surface area (Å²) in [6.07, 6.45) is -0.0350. The van der Waals surface area contributed by atoms with Gasteiger partial charge >= 0.3 is 0 Å². The van der Waals surface area contributed by atoms with Crippen molar-refractivity contribution in [3.05, 3.63) is 35.6 Å². The van der Waals surface area contributed by atoms with E-state index in [4.69, 9.17) is 5.73 Å². The van der Waals surface area contributed by atoms with Crippen LogP contribution in [-0.4, -0.2) is 5.91 Å². The van der Waals surface area contributed by atoms with Crippen LogP contribution in [0.4, 0.5) is 4.39 Å². The van der Waals surface area contributed by atoms with Crippen molar-refractivity contribution < 1.29 is 9.18 Å². The summed E-state index contributed by atoms with van der Waals surface area (Å²) >= 11 is 0. The summed E-state index contributed by atoms with van der Waals surface area (Å²) in [5.41, 5.74) is 5.23. The van der Waals surface area contributed by atoms with Gasteiger partial charge in [-0.1, -0.05) is 18.2 Å². The lowest BCUT2D eigenvalue weighted by molar-refractivity contribution is -0.117. The van der Waals surface area contributed by atoms with E-state index in [0.29, 0.717) is 5.56 Å². The zero-order chi connectivity index (χ0) is 8.27. The van der Waals surface area contributed by atoms with Gasteiger partial charge in [0.2, 0.25) is 5.91 Å². The molecule has 0 saturated heterocycles. The Bertz CT molecular complexity index is 278. The first-order valence-electron chi connectivity index (χ1n) is 3.22. The minimum Gasteiger partial charge on any atom is -0.369 e. The molecule has 0 unspecified atom stereocenters. The highest BCUT2D eigenvalue weighted by atomic mass is 35.5. The number of benzene rings is 1. The number of carbonyl (C=O) groups excluding carboxylic acids is 1. The molecule has 1 aromatic rings. The molecule has 66 valence electrons. The van der Waals surface area contributed by atoms with Gasteiger partial charge in [-0.05, 0) is 11.6 Å². The van der Waals surface area contributed by atoms with Crippen LogP contribution < -0.4 is 5.73 Å². The highest BCUT2D eigenvalue weighted by Crippen LogP contribution is 2.05. The third-order valence-corrected chi connectivity index (χ3v) is 1.32. The van der Waals surface area contributed by atoms with Crippen LogP contribution in [0.5, 0.6) is 0 Å². The van der Waals surface area contributed by atoms with Crippen LogP contribution in [0, 0.1) is 5.82 Å². The van der Waals surface area contributed by atoms with Gasteiger partial charge in [0, 0.05) is 0 Å².